The molecule has 1 aromatic carbocycles. The van der Waals surface area contributed by atoms with E-state index in [1.807, 2.05) is 6.07 Å². The molecule has 0 aromatic heterocycles. The maximum atomic E-state index is 12.1. The Morgan fingerprint density at radius 2 is 2.16 bits per heavy atom. The first-order valence-electron chi connectivity index (χ1n) is 6.50. The predicted molar refractivity (Wildman–Crippen MR) is 78.7 cm³/mol. The van der Waals surface area contributed by atoms with E-state index in [-0.39, 0.29) is 11.9 Å². The van der Waals surface area contributed by atoms with E-state index in [9.17, 15) is 4.79 Å². The average molecular weight is 282 g/mol. The van der Waals surface area contributed by atoms with Gasteiger partial charge in [0, 0.05) is 36.9 Å². The molecule has 19 heavy (non-hydrogen) atoms. The summed E-state index contributed by atoms with van der Waals surface area (Å²) in [7, 11) is 3.48. The quantitative estimate of drug-likeness (QED) is 0.894. The first-order chi connectivity index (χ1) is 8.97. The van der Waals surface area contributed by atoms with Crippen LogP contribution in [0, 0.1) is 0 Å². The van der Waals surface area contributed by atoms with Crippen molar-refractivity contribution in [1.29, 1.82) is 0 Å². The number of amides is 1. The van der Waals surface area contributed by atoms with Crippen LogP contribution >= 0.6 is 11.6 Å². The second-order valence-corrected chi connectivity index (χ2v) is 5.74. The third-order valence-corrected chi connectivity index (χ3v) is 3.69. The third-order valence-electron chi connectivity index (χ3n) is 3.45. The molecule has 0 heterocycles. The Kier molecular flexibility index (Phi) is 4.32. The fraction of sp³-hybridized carbons (Fsp3) is 0.500. The van der Waals surface area contributed by atoms with Gasteiger partial charge in [-0.3, -0.25) is 4.79 Å². The van der Waals surface area contributed by atoms with Crippen LogP contribution in [0.15, 0.2) is 18.2 Å². The molecule has 104 valence electrons. The lowest BCUT2D eigenvalue weighted by Gasteiger charge is -2.19. The molecule has 1 aliphatic rings. The summed E-state index contributed by atoms with van der Waals surface area (Å²) in [6.07, 6.45) is 2.99. The second-order valence-electron chi connectivity index (χ2n) is 5.30. The molecule has 0 bridgehead atoms. The van der Waals surface area contributed by atoms with Crippen LogP contribution in [0.3, 0.4) is 0 Å². The highest BCUT2D eigenvalue weighted by molar-refractivity contribution is 6.31. The molecule has 0 radical (unpaired) electrons. The lowest BCUT2D eigenvalue weighted by molar-refractivity contribution is 0.0828. The predicted octanol–water partition coefficient (Wildman–Crippen LogP) is 2.33. The van der Waals surface area contributed by atoms with Gasteiger partial charge >= 0.3 is 0 Å². The maximum Gasteiger partial charge on any atom is 0.255 e. The maximum absolute atomic E-state index is 12.1. The molecule has 2 unspecified atom stereocenters. The molecule has 1 amide bonds. The smallest absolute Gasteiger partial charge is 0.255 e. The topological polar surface area (TPSA) is 58.4 Å². The summed E-state index contributed by atoms with van der Waals surface area (Å²) in [6.45, 7) is 0. The summed E-state index contributed by atoms with van der Waals surface area (Å²) in [5, 5.41) is 4.03. The molecule has 5 heteroatoms. The molecular weight excluding hydrogens is 262 g/mol. The summed E-state index contributed by atoms with van der Waals surface area (Å²) in [6, 6.07) is 5.89. The van der Waals surface area contributed by atoms with Gasteiger partial charge in [-0.2, -0.15) is 0 Å². The normalized spacial score (nSPS) is 22.3. The lowest BCUT2D eigenvalue weighted by Crippen LogP contribution is -2.25. The van der Waals surface area contributed by atoms with Crippen LogP contribution in [0.1, 0.15) is 29.6 Å². The van der Waals surface area contributed by atoms with Crippen LogP contribution < -0.4 is 11.1 Å². The Balaban J connectivity index is 2.22. The van der Waals surface area contributed by atoms with Crippen LogP contribution in [0.2, 0.25) is 5.02 Å². The zero-order valence-electron chi connectivity index (χ0n) is 11.3. The van der Waals surface area contributed by atoms with Crippen molar-refractivity contribution in [2.24, 2.45) is 5.73 Å². The van der Waals surface area contributed by atoms with Crippen molar-refractivity contribution in [2.75, 3.05) is 19.4 Å². The van der Waals surface area contributed by atoms with Crippen molar-refractivity contribution in [3.8, 4) is 0 Å². The fourth-order valence-corrected chi connectivity index (χ4v) is 2.60. The van der Waals surface area contributed by atoms with Gasteiger partial charge in [-0.05, 0) is 37.5 Å². The highest BCUT2D eigenvalue weighted by Crippen LogP contribution is 2.27. The van der Waals surface area contributed by atoms with Gasteiger partial charge in [-0.25, -0.2) is 0 Å². The molecule has 1 aliphatic carbocycles. The van der Waals surface area contributed by atoms with E-state index in [1.165, 1.54) is 0 Å². The minimum absolute atomic E-state index is 0.0264. The van der Waals surface area contributed by atoms with Gasteiger partial charge in [0.2, 0.25) is 0 Å². The molecule has 0 saturated heterocycles. The Morgan fingerprint density at radius 3 is 2.74 bits per heavy atom. The van der Waals surface area contributed by atoms with Gasteiger partial charge in [0.1, 0.15) is 0 Å². The minimum Gasteiger partial charge on any atom is -0.382 e. The number of hydrogen-bond donors (Lipinski definition) is 2. The van der Waals surface area contributed by atoms with Gasteiger partial charge in [0.15, 0.2) is 0 Å². The molecule has 1 aromatic rings. The van der Waals surface area contributed by atoms with Crippen LogP contribution in [0.5, 0.6) is 0 Å². The van der Waals surface area contributed by atoms with Gasteiger partial charge in [-0.15, -0.1) is 0 Å². The Morgan fingerprint density at radius 1 is 1.42 bits per heavy atom. The number of nitrogens with two attached hydrogens (primary N) is 1. The molecule has 2 rings (SSSR count). The number of nitrogens with one attached hydrogen (secondary N) is 1. The monoisotopic (exact) mass is 281 g/mol. The number of carbonyl (C=O) groups is 1. The van der Waals surface area contributed by atoms with Crippen LogP contribution in [0.25, 0.3) is 0 Å². The van der Waals surface area contributed by atoms with Crippen molar-refractivity contribution >= 4 is 23.2 Å². The third kappa shape index (κ3) is 3.39. The number of nitrogens with zero attached hydrogens (tertiary/aromatic N) is 1. The zero-order chi connectivity index (χ0) is 14.0. The summed E-state index contributed by atoms with van der Waals surface area (Å²) in [4.78, 5) is 13.7. The number of hydrogen-bond acceptors (Lipinski definition) is 3. The standard InChI is InChI=1S/C14H20ClN3O/c1-18(2)14(19)12-6-3-9(15)7-13(12)17-11-5-4-10(16)8-11/h3,6-7,10-11,17H,4-5,8,16H2,1-2H3. The van der Waals surface area contributed by atoms with Gasteiger partial charge in [0.05, 0.1) is 5.56 Å². The summed E-state index contributed by atoms with van der Waals surface area (Å²) >= 11 is 6.03. The molecule has 2 atom stereocenters. The molecule has 3 N–H and O–H groups in total. The molecule has 0 spiro atoms. The summed E-state index contributed by atoms with van der Waals surface area (Å²) in [5.74, 6) is -0.0264. The minimum atomic E-state index is -0.0264. The van der Waals surface area contributed by atoms with Crippen molar-refractivity contribution < 1.29 is 4.79 Å². The number of benzene rings is 1. The average Bonchev–Trinajstić information content (AvgIpc) is 2.74. The summed E-state index contributed by atoms with van der Waals surface area (Å²) in [5.41, 5.74) is 7.36. The van der Waals surface area contributed by atoms with Crippen molar-refractivity contribution in [3.63, 3.8) is 0 Å². The number of carbonyl (C=O) groups excluding carboxylic acids is 1. The second kappa shape index (κ2) is 5.80. The number of halogens is 1. The van der Waals surface area contributed by atoms with E-state index in [2.05, 4.69) is 5.32 Å². The highest BCUT2D eigenvalue weighted by atomic mass is 35.5. The van der Waals surface area contributed by atoms with Gasteiger partial charge in [-0.1, -0.05) is 11.6 Å². The molecule has 0 aliphatic heterocycles. The zero-order valence-corrected chi connectivity index (χ0v) is 12.1. The van der Waals surface area contributed by atoms with Crippen molar-refractivity contribution in [2.45, 2.75) is 31.3 Å². The van der Waals surface area contributed by atoms with Gasteiger partial charge < -0.3 is 16.0 Å². The molecule has 1 fully saturated rings. The number of rotatable bonds is 3. The fourth-order valence-electron chi connectivity index (χ4n) is 2.43. The first kappa shape index (κ1) is 14.2. The Labute approximate surface area is 118 Å². The lowest BCUT2D eigenvalue weighted by atomic mass is 10.1. The van der Waals surface area contributed by atoms with E-state index in [0.29, 0.717) is 16.6 Å². The van der Waals surface area contributed by atoms with E-state index < -0.39 is 0 Å². The van der Waals surface area contributed by atoms with Gasteiger partial charge in [0.25, 0.3) is 5.91 Å². The molecular formula is C14H20ClN3O. The van der Waals surface area contributed by atoms with E-state index in [4.69, 9.17) is 17.3 Å². The van der Waals surface area contributed by atoms with Crippen LogP contribution in [-0.4, -0.2) is 37.0 Å². The SMILES string of the molecule is CN(C)C(=O)c1ccc(Cl)cc1NC1CCC(N)C1. The van der Waals surface area contributed by atoms with E-state index in [1.54, 1.807) is 31.1 Å². The van der Waals surface area contributed by atoms with Crippen molar-refractivity contribution in [3.05, 3.63) is 28.8 Å². The molecule has 4 nitrogen and oxygen atoms in total. The van der Waals surface area contributed by atoms with Crippen LogP contribution in [-0.2, 0) is 0 Å². The highest BCUT2D eigenvalue weighted by Gasteiger charge is 2.23. The van der Waals surface area contributed by atoms with E-state index in [0.717, 1.165) is 24.9 Å². The Bertz CT molecular complexity index is 476. The van der Waals surface area contributed by atoms with Crippen LogP contribution in [0.4, 0.5) is 5.69 Å². The first-order valence-corrected chi connectivity index (χ1v) is 6.88. The van der Waals surface area contributed by atoms with Crippen molar-refractivity contribution in [1.82, 2.24) is 4.90 Å². The largest absolute Gasteiger partial charge is 0.382 e. The van der Waals surface area contributed by atoms with E-state index >= 15 is 0 Å². The molecule has 1 saturated carbocycles. The Hall–Kier alpha value is -1.26. The number of anilines is 1. The summed E-state index contributed by atoms with van der Waals surface area (Å²) < 4.78 is 0.